The summed E-state index contributed by atoms with van der Waals surface area (Å²) in [5, 5.41) is 13.3. The Morgan fingerprint density at radius 3 is 2.71 bits per heavy atom. The van der Waals surface area contributed by atoms with Gasteiger partial charge in [0.2, 0.25) is 0 Å². The van der Waals surface area contributed by atoms with Crippen LogP contribution in [0.3, 0.4) is 0 Å². The zero-order valence-corrected chi connectivity index (χ0v) is 11.2. The van der Waals surface area contributed by atoms with Crippen molar-refractivity contribution < 1.29 is 9.84 Å². The molecule has 17 heavy (non-hydrogen) atoms. The van der Waals surface area contributed by atoms with Crippen LogP contribution in [-0.4, -0.2) is 36.0 Å². The fourth-order valence-corrected chi connectivity index (χ4v) is 2.76. The summed E-state index contributed by atoms with van der Waals surface area (Å²) in [4.78, 5) is 0. The van der Waals surface area contributed by atoms with Crippen molar-refractivity contribution in [2.75, 3.05) is 13.2 Å². The van der Waals surface area contributed by atoms with Crippen LogP contribution in [0.1, 0.15) is 52.4 Å². The predicted octanol–water partition coefficient (Wildman–Crippen LogP) is 2.08. The Hall–Kier alpha value is -0.120. The van der Waals surface area contributed by atoms with E-state index in [9.17, 15) is 5.11 Å². The van der Waals surface area contributed by atoms with E-state index in [1.165, 1.54) is 19.3 Å². The normalized spacial score (nSPS) is 34.2. The number of nitrogens with one attached hydrogen (secondary N) is 1. The van der Waals surface area contributed by atoms with Gasteiger partial charge in [-0.15, -0.1) is 0 Å². The molecule has 2 rings (SSSR count). The second-order valence-corrected chi connectivity index (χ2v) is 6.30. The Labute approximate surface area is 105 Å². The zero-order valence-electron chi connectivity index (χ0n) is 11.2. The number of hydrogen-bond acceptors (Lipinski definition) is 3. The van der Waals surface area contributed by atoms with E-state index in [-0.39, 0.29) is 12.1 Å². The summed E-state index contributed by atoms with van der Waals surface area (Å²) < 4.78 is 5.95. The largest absolute Gasteiger partial charge is 0.394 e. The molecule has 2 fully saturated rings. The van der Waals surface area contributed by atoms with Gasteiger partial charge in [0.05, 0.1) is 12.7 Å². The van der Waals surface area contributed by atoms with Crippen LogP contribution in [0.5, 0.6) is 0 Å². The quantitative estimate of drug-likeness (QED) is 0.748. The third-order valence-corrected chi connectivity index (χ3v) is 3.86. The molecule has 3 heteroatoms. The number of aliphatic hydroxyl groups is 1. The molecule has 0 heterocycles. The van der Waals surface area contributed by atoms with Crippen molar-refractivity contribution in [2.45, 2.75) is 70.1 Å². The highest BCUT2D eigenvalue weighted by Gasteiger charge is 2.40. The molecule has 0 aromatic heterocycles. The molecule has 0 bridgehead atoms. The minimum Gasteiger partial charge on any atom is -0.394 e. The molecule has 100 valence electrons. The average molecular weight is 241 g/mol. The van der Waals surface area contributed by atoms with E-state index < -0.39 is 0 Å². The SMILES string of the molecule is CC(C)COC1CCCC(CO)(NC2CC2)C1. The van der Waals surface area contributed by atoms with E-state index in [2.05, 4.69) is 19.2 Å². The molecule has 0 aromatic carbocycles. The van der Waals surface area contributed by atoms with Gasteiger partial charge in [0.25, 0.3) is 0 Å². The van der Waals surface area contributed by atoms with Crippen LogP contribution in [0.4, 0.5) is 0 Å². The number of rotatable bonds is 6. The van der Waals surface area contributed by atoms with Gasteiger partial charge in [-0.2, -0.15) is 0 Å². The maximum Gasteiger partial charge on any atom is 0.0614 e. The topological polar surface area (TPSA) is 41.5 Å². The zero-order chi connectivity index (χ0) is 12.3. The number of aliphatic hydroxyl groups excluding tert-OH is 1. The van der Waals surface area contributed by atoms with Gasteiger partial charge in [0.15, 0.2) is 0 Å². The van der Waals surface area contributed by atoms with E-state index in [0.717, 1.165) is 25.9 Å². The van der Waals surface area contributed by atoms with Crippen LogP contribution in [0, 0.1) is 5.92 Å². The highest BCUT2D eigenvalue weighted by atomic mass is 16.5. The van der Waals surface area contributed by atoms with Crippen LogP contribution in [0.15, 0.2) is 0 Å². The number of hydrogen-bond donors (Lipinski definition) is 2. The van der Waals surface area contributed by atoms with Gasteiger partial charge in [-0.3, -0.25) is 0 Å². The van der Waals surface area contributed by atoms with Crippen LogP contribution >= 0.6 is 0 Å². The van der Waals surface area contributed by atoms with Crippen LogP contribution in [0.2, 0.25) is 0 Å². The minimum atomic E-state index is -0.0545. The Kier molecular flexibility index (Phi) is 4.45. The van der Waals surface area contributed by atoms with Crippen molar-refractivity contribution in [1.29, 1.82) is 0 Å². The lowest BCUT2D eigenvalue weighted by atomic mass is 9.80. The summed E-state index contributed by atoms with van der Waals surface area (Å²) in [7, 11) is 0. The third-order valence-electron chi connectivity index (χ3n) is 3.86. The lowest BCUT2D eigenvalue weighted by Gasteiger charge is -2.40. The molecule has 3 nitrogen and oxygen atoms in total. The summed E-state index contributed by atoms with van der Waals surface area (Å²) >= 11 is 0. The third kappa shape index (κ3) is 3.94. The molecule has 0 amide bonds. The molecule has 2 atom stereocenters. The standard InChI is InChI=1S/C14H27NO2/c1-11(2)9-17-13-4-3-7-14(8-13,10-16)15-12-5-6-12/h11-13,15-16H,3-10H2,1-2H3. The molecule has 0 spiro atoms. The van der Waals surface area contributed by atoms with Gasteiger partial charge >= 0.3 is 0 Å². The van der Waals surface area contributed by atoms with Crippen molar-refractivity contribution in [3.63, 3.8) is 0 Å². The summed E-state index contributed by atoms with van der Waals surface area (Å²) in [6.07, 6.45) is 7.29. The maximum atomic E-state index is 9.70. The Balaban J connectivity index is 1.84. The summed E-state index contributed by atoms with van der Waals surface area (Å²) in [5.41, 5.74) is -0.0545. The Morgan fingerprint density at radius 2 is 2.12 bits per heavy atom. The maximum absolute atomic E-state index is 9.70. The first-order valence-corrected chi connectivity index (χ1v) is 7.14. The minimum absolute atomic E-state index is 0.0545. The highest BCUT2D eigenvalue weighted by Crippen LogP contribution is 2.33. The monoisotopic (exact) mass is 241 g/mol. The Morgan fingerprint density at radius 1 is 1.35 bits per heavy atom. The first-order chi connectivity index (χ1) is 8.13. The molecular weight excluding hydrogens is 214 g/mol. The Bertz CT molecular complexity index is 240. The van der Waals surface area contributed by atoms with Crippen molar-refractivity contribution in [2.24, 2.45) is 5.92 Å². The lowest BCUT2D eigenvalue weighted by Crippen LogP contribution is -2.54. The first-order valence-electron chi connectivity index (χ1n) is 7.14. The van der Waals surface area contributed by atoms with E-state index in [4.69, 9.17) is 4.74 Å². The van der Waals surface area contributed by atoms with Crippen LogP contribution in [0.25, 0.3) is 0 Å². The molecule has 2 saturated carbocycles. The van der Waals surface area contributed by atoms with Gasteiger partial charge in [-0.25, -0.2) is 0 Å². The van der Waals surface area contributed by atoms with Crippen LogP contribution < -0.4 is 5.32 Å². The average Bonchev–Trinajstić information content (AvgIpc) is 3.11. The van der Waals surface area contributed by atoms with Gasteiger partial charge in [-0.1, -0.05) is 13.8 Å². The molecular formula is C14H27NO2. The molecule has 2 N–H and O–H groups in total. The highest BCUT2D eigenvalue weighted by molar-refractivity contribution is 4.99. The molecule has 2 unspecified atom stereocenters. The van der Waals surface area contributed by atoms with E-state index in [0.29, 0.717) is 18.1 Å². The molecule has 0 aromatic rings. The van der Waals surface area contributed by atoms with Crippen molar-refractivity contribution >= 4 is 0 Å². The van der Waals surface area contributed by atoms with E-state index in [1.807, 2.05) is 0 Å². The van der Waals surface area contributed by atoms with Gasteiger partial charge in [-0.05, 0) is 44.4 Å². The van der Waals surface area contributed by atoms with Gasteiger partial charge in [0.1, 0.15) is 0 Å². The molecule has 2 aliphatic rings. The van der Waals surface area contributed by atoms with Gasteiger partial charge < -0.3 is 15.2 Å². The van der Waals surface area contributed by atoms with Crippen molar-refractivity contribution in [3.05, 3.63) is 0 Å². The predicted molar refractivity (Wildman–Crippen MR) is 69.0 cm³/mol. The number of ether oxygens (including phenoxy) is 1. The molecule has 0 saturated heterocycles. The van der Waals surface area contributed by atoms with E-state index >= 15 is 0 Å². The fourth-order valence-electron chi connectivity index (χ4n) is 2.76. The summed E-state index contributed by atoms with van der Waals surface area (Å²) in [6, 6.07) is 0.658. The van der Waals surface area contributed by atoms with E-state index in [1.54, 1.807) is 0 Å². The summed E-state index contributed by atoms with van der Waals surface area (Å²) in [5.74, 6) is 0.594. The molecule has 2 aliphatic carbocycles. The van der Waals surface area contributed by atoms with Crippen molar-refractivity contribution in [3.8, 4) is 0 Å². The fraction of sp³-hybridized carbons (Fsp3) is 1.00. The van der Waals surface area contributed by atoms with Crippen LogP contribution in [-0.2, 0) is 4.74 Å². The first kappa shape index (κ1) is 13.3. The smallest absolute Gasteiger partial charge is 0.0614 e. The second kappa shape index (κ2) is 5.68. The van der Waals surface area contributed by atoms with Gasteiger partial charge in [0, 0.05) is 18.2 Å². The second-order valence-electron chi connectivity index (χ2n) is 6.30. The molecule has 0 aliphatic heterocycles. The molecule has 0 radical (unpaired) electrons. The lowest BCUT2D eigenvalue weighted by molar-refractivity contribution is -0.0256. The van der Waals surface area contributed by atoms with Crippen molar-refractivity contribution in [1.82, 2.24) is 5.32 Å². The summed E-state index contributed by atoms with van der Waals surface area (Å²) in [6.45, 7) is 5.47.